The molecule has 2 aromatic rings. The average molecular weight is 376 g/mol. The van der Waals surface area contributed by atoms with E-state index < -0.39 is 0 Å². The van der Waals surface area contributed by atoms with Crippen LogP contribution < -0.4 is 4.74 Å². The first-order valence-electron chi connectivity index (χ1n) is 11.0. The van der Waals surface area contributed by atoms with Gasteiger partial charge in [-0.05, 0) is 72.9 Å². The molecule has 2 fully saturated rings. The maximum absolute atomic E-state index is 5.77. The Balaban J connectivity index is 1.53. The molecule has 2 atom stereocenters. The zero-order valence-electron chi connectivity index (χ0n) is 17.1. The Morgan fingerprint density at radius 1 is 0.964 bits per heavy atom. The summed E-state index contributed by atoms with van der Waals surface area (Å²) in [5.41, 5.74) is 3.89. The molecule has 28 heavy (non-hydrogen) atoms. The molecule has 0 radical (unpaired) electrons. The number of nitrogens with zero attached hydrogens (tertiary/aromatic N) is 1. The maximum atomic E-state index is 5.77. The third-order valence-electron chi connectivity index (χ3n) is 6.30. The summed E-state index contributed by atoms with van der Waals surface area (Å²) in [7, 11) is 0. The molecule has 2 aliphatic rings. The van der Waals surface area contributed by atoms with Crippen LogP contribution in [0, 0.1) is 11.8 Å². The van der Waals surface area contributed by atoms with Crippen LogP contribution in [0.15, 0.2) is 60.7 Å². The Labute approximate surface area is 170 Å². The molecule has 1 heterocycles. The number of hydrogen-bond donors (Lipinski definition) is 0. The lowest BCUT2D eigenvalue weighted by molar-refractivity contribution is 0.260. The predicted molar refractivity (Wildman–Crippen MR) is 118 cm³/mol. The van der Waals surface area contributed by atoms with Gasteiger partial charge in [0.25, 0.3) is 0 Å². The highest BCUT2D eigenvalue weighted by atomic mass is 16.5. The minimum absolute atomic E-state index is 0.776. The van der Waals surface area contributed by atoms with E-state index in [0.717, 1.165) is 37.2 Å². The van der Waals surface area contributed by atoms with Crippen molar-refractivity contribution in [3.05, 3.63) is 71.8 Å². The molecule has 0 spiro atoms. The van der Waals surface area contributed by atoms with Crippen molar-refractivity contribution in [2.24, 2.45) is 11.8 Å². The summed E-state index contributed by atoms with van der Waals surface area (Å²) in [6, 6.07) is 19.4. The third-order valence-corrected chi connectivity index (χ3v) is 6.30. The Morgan fingerprint density at radius 2 is 1.71 bits per heavy atom. The first-order valence-corrected chi connectivity index (χ1v) is 11.0. The molecular weight excluding hydrogens is 342 g/mol. The van der Waals surface area contributed by atoms with Gasteiger partial charge in [-0.25, -0.2) is 0 Å². The zero-order chi connectivity index (χ0) is 19.2. The largest absolute Gasteiger partial charge is 0.494 e. The monoisotopic (exact) mass is 375 g/mol. The van der Waals surface area contributed by atoms with Crippen LogP contribution in [0.1, 0.15) is 50.2 Å². The molecule has 0 N–H and O–H groups in total. The fraction of sp³-hybridized carbons (Fsp3) is 0.462. The second kappa shape index (κ2) is 9.43. The molecule has 0 unspecified atom stereocenters. The van der Waals surface area contributed by atoms with Crippen LogP contribution in [0.25, 0.3) is 5.57 Å². The summed E-state index contributed by atoms with van der Waals surface area (Å²) >= 11 is 0. The zero-order valence-corrected chi connectivity index (χ0v) is 17.1. The normalized spacial score (nSPS) is 22.8. The predicted octanol–water partition coefficient (Wildman–Crippen LogP) is 6.03. The van der Waals surface area contributed by atoms with Crippen molar-refractivity contribution in [3.63, 3.8) is 0 Å². The number of likely N-dealkylation sites (tertiary alicyclic amines) is 1. The second-order valence-corrected chi connectivity index (χ2v) is 8.45. The van der Waals surface area contributed by atoms with Gasteiger partial charge in [0.05, 0.1) is 6.61 Å². The minimum atomic E-state index is 0.776. The lowest BCUT2D eigenvalue weighted by atomic mass is 9.97. The highest BCUT2D eigenvalue weighted by molar-refractivity contribution is 5.80. The molecule has 2 heteroatoms. The fourth-order valence-electron chi connectivity index (χ4n) is 4.79. The molecule has 2 aromatic carbocycles. The summed E-state index contributed by atoms with van der Waals surface area (Å²) in [6.07, 6.45) is 9.23. The lowest BCUT2D eigenvalue weighted by Gasteiger charge is -2.23. The number of fused-ring (bicyclic) bond motifs is 2. The Kier molecular flexibility index (Phi) is 6.49. The summed E-state index contributed by atoms with van der Waals surface area (Å²) < 4.78 is 5.77. The molecular formula is C26H33NO. The highest BCUT2D eigenvalue weighted by Gasteiger charge is 2.29. The summed E-state index contributed by atoms with van der Waals surface area (Å²) in [6.45, 7) is 6.49. The Morgan fingerprint density at radius 3 is 2.50 bits per heavy atom. The van der Waals surface area contributed by atoms with Gasteiger partial charge in [-0.3, -0.25) is 4.90 Å². The van der Waals surface area contributed by atoms with E-state index in [1.54, 1.807) is 0 Å². The van der Waals surface area contributed by atoms with Crippen LogP contribution >= 0.6 is 0 Å². The Hall–Kier alpha value is -2.06. The van der Waals surface area contributed by atoms with Crippen LogP contribution in [0.2, 0.25) is 0 Å². The number of ether oxygens (including phenoxy) is 1. The molecule has 2 bridgehead atoms. The number of hydrogen-bond acceptors (Lipinski definition) is 2. The van der Waals surface area contributed by atoms with Gasteiger partial charge in [-0.2, -0.15) is 0 Å². The molecule has 1 saturated carbocycles. The van der Waals surface area contributed by atoms with E-state index in [9.17, 15) is 0 Å². The molecule has 148 valence electrons. The standard InChI is InChI=1S/C26H33NO/c1-2-18-28-25-12-10-24(11-13-25)26(23-6-4-3-5-7-23)15-17-27-16-14-21-8-9-22(19-21)20-27/h3-7,10-13,15,21-22H,2,8-9,14,16-20H2,1H3/b26-15+/t21-,22-/m0/s1. The van der Waals surface area contributed by atoms with Gasteiger partial charge in [0, 0.05) is 13.1 Å². The van der Waals surface area contributed by atoms with Gasteiger partial charge >= 0.3 is 0 Å². The van der Waals surface area contributed by atoms with Gasteiger partial charge < -0.3 is 4.74 Å². The van der Waals surface area contributed by atoms with E-state index >= 15 is 0 Å². The van der Waals surface area contributed by atoms with Crippen molar-refractivity contribution in [2.75, 3.05) is 26.2 Å². The summed E-state index contributed by atoms with van der Waals surface area (Å²) in [4.78, 5) is 2.67. The maximum Gasteiger partial charge on any atom is 0.119 e. The third kappa shape index (κ3) is 4.86. The molecule has 1 saturated heterocycles. The van der Waals surface area contributed by atoms with E-state index in [1.165, 1.54) is 55.5 Å². The Bertz CT molecular complexity index is 765. The van der Waals surface area contributed by atoms with Crippen LogP contribution in [0.4, 0.5) is 0 Å². The van der Waals surface area contributed by atoms with Crippen molar-refractivity contribution in [1.82, 2.24) is 4.90 Å². The van der Waals surface area contributed by atoms with Crippen LogP contribution in [-0.2, 0) is 0 Å². The van der Waals surface area contributed by atoms with E-state index in [0.29, 0.717) is 0 Å². The van der Waals surface area contributed by atoms with Crippen LogP contribution in [-0.4, -0.2) is 31.1 Å². The lowest BCUT2D eigenvalue weighted by Crippen LogP contribution is -2.29. The number of benzene rings is 2. The van der Waals surface area contributed by atoms with E-state index in [2.05, 4.69) is 72.5 Å². The quantitative estimate of drug-likeness (QED) is 0.586. The van der Waals surface area contributed by atoms with Crippen LogP contribution in [0.3, 0.4) is 0 Å². The molecule has 0 aromatic heterocycles. The van der Waals surface area contributed by atoms with Gasteiger partial charge in [0.15, 0.2) is 0 Å². The van der Waals surface area contributed by atoms with Crippen molar-refractivity contribution >= 4 is 5.57 Å². The van der Waals surface area contributed by atoms with Gasteiger partial charge in [-0.15, -0.1) is 0 Å². The van der Waals surface area contributed by atoms with Crippen molar-refractivity contribution < 1.29 is 4.74 Å². The first kappa shape index (κ1) is 19.3. The van der Waals surface area contributed by atoms with Crippen molar-refractivity contribution in [2.45, 2.75) is 39.0 Å². The first-order chi connectivity index (χ1) is 13.8. The fourth-order valence-corrected chi connectivity index (χ4v) is 4.79. The summed E-state index contributed by atoms with van der Waals surface area (Å²) in [5.74, 6) is 2.88. The second-order valence-electron chi connectivity index (χ2n) is 8.45. The average Bonchev–Trinajstić information content (AvgIpc) is 3.08. The number of rotatable bonds is 7. The van der Waals surface area contributed by atoms with Crippen LogP contribution in [0.5, 0.6) is 5.75 Å². The van der Waals surface area contributed by atoms with Gasteiger partial charge in [0.2, 0.25) is 0 Å². The highest BCUT2D eigenvalue weighted by Crippen LogP contribution is 2.36. The topological polar surface area (TPSA) is 12.5 Å². The molecule has 0 amide bonds. The summed E-state index contributed by atoms with van der Waals surface area (Å²) in [5, 5.41) is 0. The van der Waals surface area contributed by atoms with Gasteiger partial charge in [-0.1, -0.05) is 61.9 Å². The minimum Gasteiger partial charge on any atom is -0.494 e. The van der Waals surface area contributed by atoms with E-state index in [4.69, 9.17) is 4.74 Å². The molecule has 1 aliphatic heterocycles. The van der Waals surface area contributed by atoms with E-state index in [1.807, 2.05) is 0 Å². The molecule has 1 aliphatic carbocycles. The van der Waals surface area contributed by atoms with E-state index in [-0.39, 0.29) is 0 Å². The van der Waals surface area contributed by atoms with Crippen molar-refractivity contribution in [3.8, 4) is 5.75 Å². The molecule has 4 rings (SSSR count). The van der Waals surface area contributed by atoms with Gasteiger partial charge in [0.1, 0.15) is 5.75 Å². The van der Waals surface area contributed by atoms with Crippen molar-refractivity contribution in [1.29, 1.82) is 0 Å². The molecule has 2 nitrogen and oxygen atoms in total. The smallest absolute Gasteiger partial charge is 0.119 e. The SMILES string of the molecule is CCCOc1ccc(/C(=C/CN2CC[C@@H]3CC[C@@H](C3)C2)c2ccccc2)cc1.